The van der Waals surface area contributed by atoms with Crippen LogP contribution in [-0.4, -0.2) is 54.5 Å². The molecule has 0 bridgehead atoms. The molecule has 1 saturated heterocycles. The minimum absolute atomic E-state index is 0.0783. The Balaban J connectivity index is 1.45. The number of Topliss-reactive ketones (excluding diaryl/α,β-unsaturated/α-hetero) is 1. The molecule has 4 aromatic rings. The number of hydrogen-bond acceptors (Lipinski definition) is 9. The van der Waals surface area contributed by atoms with Crippen LogP contribution in [0.3, 0.4) is 0 Å². The monoisotopic (exact) mass is 490 g/mol. The van der Waals surface area contributed by atoms with Crippen molar-refractivity contribution in [3.8, 4) is 5.13 Å². The van der Waals surface area contributed by atoms with E-state index in [1.165, 1.54) is 17.5 Å². The molecule has 10 nitrogen and oxygen atoms in total. The number of thiazole rings is 1. The Kier molecular flexibility index (Phi) is 5.64. The highest BCUT2D eigenvalue weighted by molar-refractivity contribution is 7.12. The summed E-state index contributed by atoms with van der Waals surface area (Å²) in [5.41, 5.74) is 1.70. The lowest BCUT2D eigenvalue weighted by Gasteiger charge is -2.39. The third-order valence-electron chi connectivity index (χ3n) is 6.02. The molecule has 1 aliphatic rings. The third-order valence-corrected chi connectivity index (χ3v) is 6.79. The van der Waals surface area contributed by atoms with Crippen LogP contribution in [0.1, 0.15) is 33.1 Å². The van der Waals surface area contributed by atoms with E-state index in [4.69, 9.17) is 4.98 Å². The molecule has 5 heterocycles. The Morgan fingerprint density at radius 1 is 1.11 bits per heavy atom. The van der Waals surface area contributed by atoms with E-state index in [0.29, 0.717) is 41.1 Å². The fourth-order valence-electron chi connectivity index (χ4n) is 4.32. The minimum Gasteiger partial charge on any atom is -0.477 e. The predicted octanol–water partition coefficient (Wildman–Crippen LogP) is 2.50. The van der Waals surface area contributed by atoms with Gasteiger partial charge in [-0.3, -0.25) is 14.2 Å². The van der Waals surface area contributed by atoms with E-state index < -0.39 is 11.4 Å². The van der Waals surface area contributed by atoms with Crippen LogP contribution in [0.2, 0.25) is 0 Å². The van der Waals surface area contributed by atoms with Gasteiger partial charge in [-0.2, -0.15) is 0 Å². The number of carbonyl (C=O) groups is 2. The average Bonchev–Trinajstić information content (AvgIpc) is 3.26. The van der Waals surface area contributed by atoms with Gasteiger partial charge >= 0.3 is 5.97 Å². The van der Waals surface area contributed by atoms with Crippen LogP contribution < -0.4 is 10.3 Å². The van der Waals surface area contributed by atoms with Crippen LogP contribution in [0.5, 0.6) is 0 Å². The largest absolute Gasteiger partial charge is 0.477 e. The molecule has 0 saturated carbocycles. The van der Waals surface area contributed by atoms with Gasteiger partial charge in [0.05, 0.1) is 17.7 Å². The van der Waals surface area contributed by atoms with Crippen molar-refractivity contribution >= 4 is 39.9 Å². The lowest BCUT2D eigenvalue weighted by molar-refractivity contribution is -0.123. The number of carbonyl (C=O) groups excluding carboxylic acids is 1. The smallest absolute Gasteiger partial charge is 0.341 e. The average molecular weight is 491 g/mol. The van der Waals surface area contributed by atoms with E-state index >= 15 is 0 Å². The molecule has 0 amide bonds. The first-order chi connectivity index (χ1) is 16.7. The van der Waals surface area contributed by atoms with Crippen molar-refractivity contribution in [2.24, 2.45) is 5.92 Å². The minimum atomic E-state index is -1.30. The molecule has 1 N–H and O–H groups in total. The summed E-state index contributed by atoms with van der Waals surface area (Å²) >= 11 is 1.31. The quantitative estimate of drug-likeness (QED) is 0.433. The summed E-state index contributed by atoms with van der Waals surface area (Å²) in [5.74, 6) is -0.230. The lowest BCUT2D eigenvalue weighted by Crippen LogP contribution is -2.51. The first kappa shape index (κ1) is 22.8. The van der Waals surface area contributed by atoms with Gasteiger partial charge in [0, 0.05) is 42.3 Å². The molecular formula is C24H22N6O4S. The van der Waals surface area contributed by atoms with Gasteiger partial charge < -0.3 is 10.0 Å². The highest BCUT2D eigenvalue weighted by Crippen LogP contribution is 2.29. The van der Waals surface area contributed by atoms with Crippen LogP contribution in [0.4, 0.5) is 5.82 Å². The molecule has 5 rings (SSSR count). The maximum atomic E-state index is 12.9. The normalized spacial score (nSPS) is 13.7. The molecule has 0 aromatic carbocycles. The topological polar surface area (TPSA) is 131 Å². The molecule has 178 valence electrons. The van der Waals surface area contributed by atoms with E-state index in [0.717, 1.165) is 11.4 Å². The van der Waals surface area contributed by atoms with Crippen LogP contribution in [-0.2, 0) is 11.2 Å². The number of nitrogens with zero attached hydrogens (tertiary/aromatic N) is 6. The van der Waals surface area contributed by atoms with Crippen LogP contribution >= 0.6 is 11.3 Å². The molecule has 0 atom stereocenters. The Hall–Kier alpha value is -3.99. The fourth-order valence-corrected chi connectivity index (χ4v) is 4.94. The summed E-state index contributed by atoms with van der Waals surface area (Å²) in [4.78, 5) is 57.1. The number of aromatic carboxylic acids is 1. The third kappa shape index (κ3) is 4.18. The summed E-state index contributed by atoms with van der Waals surface area (Å²) < 4.78 is 1.54. The number of aromatic nitrogens is 5. The zero-order chi connectivity index (χ0) is 24.9. The van der Waals surface area contributed by atoms with Gasteiger partial charge in [-0.15, -0.1) is 11.3 Å². The number of aryl methyl sites for hydroxylation is 3. The second-order valence-electron chi connectivity index (χ2n) is 8.67. The maximum Gasteiger partial charge on any atom is 0.341 e. The predicted molar refractivity (Wildman–Crippen MR) is 131 cm³/mol. The summed E-state index contributed by atoms with van der Waals surface area (Å²) in [6.07, 6.45) is 3.06. The van der Waals surface area contributed by atoms with Crippen molar-refractivity contribution < 1.29 is 14.7 Å². The summed E-state index contributed by atoms with van der Waals surface area (Å²) in [6.45, 7) is 6.51. The number of carboxylic acids is 1. The van der Waals surface area contributed by atoms with Crippen LogP contribution in [0, 0.1) is 26.7 Å². The van der Waals surface area contributed by atoms with E-state index in [-0.39, 0.29) is 29.1 Å². The Bertz CT molecular complexity index is 1520. The number of fused-ring (bicyclic) bond motifs is 1. The molecule has 0 unspecified atom stereocenters. The van der Waals surface area contributed by atoms with Crippen LogP contribution in [0.15, 0.2) is 34.7 Å². The van der Waals surface area contributed by atoms with Gasteiger partial charge in [-0.05, 0) is 38.5 Å². The van der Waals surface area contributed by atoms with Gasteiger partial charge in [-0.1, -0.05) is 0 Å². The molecule has 1 aliphatic heterocycles. The number of pyridine rings is 2. The molecule has 35 heavy (non-hydrogen) atoms. The maximum absolute atomic E-state index is 12.9. The SMILES string of the molecule is Cc1cc(C)nc(CC(=O)C2CN(c3cc(C)c4c(=O)c(C(=O)O)cn(-c5nccs5)c4n3)C2)n1. The van der Waals surface area contributed by atoms with E-state index in [2.05, 4.69) is 15.0 Å². The van der Waals surface area contributed by atoms with Gasteiger partial charge in [0.25, 0.3) is 0 Å². The number of carboxylic acid groups (broad SMARTS) is 1. The Morgan fingerprint density at radius 2 is 1.83 bits per heavy atom. The van der Waals surface area contributed by atoms with Gasteiger partial charge in [-0.25, -0.2) is 24.7 Å². The first-order valence-corrected chi connectivity index (χ1v) is 11.9. The van der Waals surface area contributed by atoms with Crippen molar-refractivity contribution in [3.63, 3.8) is 0 Å². The fraction of sp³-hybridized carbons (Fsp3) is 0.292. The van der Waals surface area contributed by atoms with E-state index in [1.807, 2.05) is 24.8 Å². The van der Waals surface area contributed by atoms with Crippen molar-refractivity contribution in [1.29, 1.82) is 0 Å². The summed E-state index contributed by atoms with van der Waals surface area (Å²) in [6, 6.07) is 3.63. The van der Waals surface area contributed by atoms with Crippen molar-refractivity contribution in [3.05, 3.63) is 68.5 Å². The van der Waals surface area contributed by atoms with Gasteiger partial charge in [0.15, 0.2) is 10.8 Å². The lowest BCUT2D eigenvalue weighted by atomic mass is 9.92. The summed E-state index contributed by atoms with van der Waals surface area (Å²) in [7, 11) is 0. The molecule has 0 radical (unpaired) electrons. The second kappa shape index (κ2) is 8.66. The molecule has 0 spiro atoms. The second-order valence-corrected chi connectivity index (χ2v) is 9.54. The molecule has 0 aliphatic carbocycles. The number of anilines is 1. The molecular weight excluding hydrogens is 468 g/mol. The highest BCUT2D eigenvalue weighted by Gasteiger charge is 2.34. The van der Waals surface area contributed by atoms with E-state index in [9.17, 15) is 19.5 Å². The van der Waals surface area contributed by atoms with Gasteiger partial charge in [0.2, 0.25) is 5.43 Å². The number of hydrogen-bond donors (Lipinski definition) is 1. The zero-order valence-corrected chi connectivity index (χ0v) is 20.2. The van der Waals surface area contributed by atoms with Gasteiger partial charge in [0.1, 0.15) is 23.0 Å². The Labute approximate surface area is 203 Å². The number of rotatable bonds is 6. The standard InChI is InChI=1S/C24H22N6O4S/c1-12-6-19(29-9-15(10-29)17(31)8-18-26-13(2)7-14(3)27-18)28-22-20(12)21(32)16(23(33)34)11-30(22)24-25-4-5-35-24/h4-7,11,15H,8-10H2,1-3H3,(H,33,34). The molecule has 1 fully saturated rings. The molecule has 4 aromatic heterocycles. The van der Waals surface area contributed by atoms with Crippen molar-refractivity contribution in [1.82, 2.24) is 24.5 Å². The van der Waals surface area contributed by atoms with Crippen molar-refractivity contribution in [2.75, 3.05) is 18.0 Å². The Morgan fingerprint density at radius 3 is 2.46 bits per heavy atom. The molecule has 11 heteroatoms. The van der Waals surface area contributed by atoms with E-state index in [1.54, 1.807) is 29.1 Å². The zero-order valence-electron chi connectivity index (χ0n) is 19.3. The van der Waals surface area contributed by atoms with Crippen LogP contribution in [0.25, 0.3) is 16.2 Å². The highest BCUT2D eigenvalue weighted by atomic mass is 32.1. The summed E-state index contributed by atoms with van der Waals surface area (Å²) in [5, 5.41) is 12.1. The van der Waals surface area contributed by atoms with Crippen molar-refractivity contribution in [2.45, 2.75) is 27.2 Å². The first-order valence-electron chi connectivity index (χ1n) is 11.0. The number of ketones is 1.